The number of ether oxygens (including phenoxy) is 3. The summed E-state index contributed by atoms with van der Waals surface area (Å²) < 4.78 is 16.1. The van der Waals surface area contributed by atoms with E-state index in [-0.39, 0.29) is 0 Å². The molecule has 0 radical (unpaired) electrons. The number of fused-ring (bicyclic) bond motifs is 1. The quantitative estimate of drug-likeness (QED) is 0.560. The summed E-state index contributed by atoms with van der Waals surface area (Å²) in [5.74, 6) is 1.33. The van der Waals surface area contributed by atoms with Crippen LogP contribution in [-0.2, 0) is 14.2 Å². The Morgan fingerprint density at radius 2 is 2.07 bits per heavy atom. The highest BCUT2D eigenvalue weighted by molar-refractivity contribution is 5.05. The van der Waals surface area contributed by atoms with Crippen molar-refractivity contribution in [1.82, 2.24) is 0 Å². The molecule has 0 aromatic carbocycles. The Bertz CT molecular complexity index is 295. The van der Waals surface area contributed by atoms with Crippen LogP contribution in [0, 0.1) is 12.3 Å². The first-order valence-electron chi connectivity index (χ1n) is 4.78. The minimum atomic E-state index is -1.15. The Hall–Kier alpha value is -0.640. The third-order valence-corrected chi connectivity index (χ3v) is 2.53. The second-order valence-corrected chi connectivity index (χ2v) is 4.17. The molecule has 15 heavy (non-hydrogen) atoms. The highest BCUT2D eigenvalue weighted by Gasteiger charge is 2.55. The molecule has 2 heterocycles. The van der Waals surface area contributed by atoms with Crippen LogP contribution < -0.4 is 0 Å². The molecule has 2 saturated heterocycles. The summed E-state index contributed by atoms with van der Waals surface area (Å²) in [6, 6.07) is 0. The van der Waals surface area contributed by atoms with Crippen molar-refractivity contribution in [3.05, 3.63) is 0 Å². The number of hydrogen-bond donors (Lipinski definition) is 2. The van der Waals surface area contributed by atoms with Crippen molar-refractivity contribution < 1.29 is 24.4 Å². The molecule has 0 aromatic rings. The molecule has 2 aliphatic rings. The molecule has 5 atom stereocenters. The molecular weight excluding hydrogens is 200 g/mol. The summed E-state index contributed by atoms with van der Waals surface area (Å²) >= 11 is 0. The second-order valence-electron chi connectivity index (χ2n) is 4.17. The number of aliphatic hydroxyl groups is 2. The molecule has 2 N–H and O–H groups in total. The molecule has 2 aliphatic heterocycles. The Morgan fingerprint density at radius 3 is 2.60 bits per heavy atom. The van der Waals surface area contributed by atoms with E-state index in [4.69, 9.17) is 20.6 Å². The first-order valence-corrected chi connectivity index (χ1v) is 4.78. The molecule has 0 spiro atoms. The first-order chi connectivity index (χ1) is 6.94. The fraction of sp³-hybridized carbons (Fsp3) is 0.800. The average molecular weight is 214 g/mol. The van der Waals surface area contributed by atoms with Gasteiger partial charge < -0.3 is 24.4 Å². The molecule has 0 saturated carbocycles. The van der Waals surface area contributed by atoms with Gasteiger partial charge in [0.15, 0.2) is 12.1 Å². The monoisotopic (exact) mass is 214 g/mol. The van der Waals surface area contributed by atoms with E-state index in [1.165, 1.54) is 0 Å². The van der Waals surface area contributed by atoms with E-state index in [1.54, 1.807) is 13.8 Å². The molecule has 0 bridgehead atoms. The fourth-order valence-corrected chi connectivity index (χ4v) is 1.87. The molecule has 5 unspecified atom stereocenters. The van der Waals surface area contributed by atoms with Crippen molar-refractivity contribution in [3.63, 3.8) is 0 Å². The Kier molecular flexibility index (Phi) is 2.49. The van der Waals surface area contributed by atoms with Gasteiger partial charge in [-0.05, 0) is 13.8 Å². The van der Waals surface area contributed by atoms with Crippen molar-refractivity contribution in [2.75, 3.05) is 0 Å². The van der Waals surface area contributed by atoms with Crippen LogP contribution in [0.3, 0.4) is 0 Å². The van der Waals surface area contributed by atoms with E-state index in [2.05, 4.69) is 5.92 Å². The van der Waals surface area contributed by atoms with Gasteiger partial charge in [-0.1, -0.05) is 5.92 Å². The highest BCUT2D eigenvalue weighted by Crippen LogP contribution is 2.38. The summed E-state index contributed by atoms with van der Waals surface area (Å²) in [5.41, 5.74) is 0. The molecule has 2 fully saturated rings. The van der Waals surface area contributed by atoms with Gasteiger partial charge in [-0.3, -0.25) is 0 Å². The van der Waals surface area contributed by atoms with Crippen molar-refractivity contribution in [2.24, 2.45) is 0 Å². The summed E-state index contributed by atoms with van der Waals surface area (Å²) in [7, 11) is 0. The predicted molar refractivity (Wildman–Crippen MR) is 49.5 cm³/mol. The number of rotatable bonds is 1. The Balaban J connectivity index is 2.09. The van der Waals surface area contributed by atoms with Gasteiger partial charge in [0.05, 0.1) is 0 Å². The topological polar surface area (TPSA) is 68.2 Å². The van der Waals surface area contributed by atoms with Crippen LogP contribution in [0.25, 0.3) is 0 Å². The van der Waals surface area contributed by atoms with E-state index in [0.29, 0.717) is 0 Å². The minimum absolute atomic E-state index is 0.590. The van der Waals surface area contributed by atoms with Gasteiger partial charge in [0.1, 0.15) is 24.4 Å². The van der Waals surface area contributed by atoms with Gasteiger partial charge in [-0.2, -0.15) is 0 Å². The van der Waals surface area contributed by atoms with Crippen LogP contribution in [0.1, 0.15) is 13.8 Å². The predicted octanol–water partition coefficient (Wildman–Crippen LogP) is -0.782. The minimum Gasteiger partial charge on any atom is -0.387 e. The lowest BCUT2D eigenvalue weighted by atomic mass is 10.1. The maximum Gasteiger partial charge on any atom is 0.190 e. The third kappa shape index (κ3) is 1.75. The normalized spacial score (nSPS) is 44.7. The number of terminal acetylenes is 1. The lowest BCUT2D eigenvalue weighted by Gasteiger charge is -2.23. The summed E-state index contributed by atoms with van der Waals surface area (Å²) in [6.45, 7) is 3.46. The second kappa shape index (κ2) is 3.44. The maximum absolute atomic E-state index is 9.81. The summed E-state index contributed by atoms with van der Waals surface area (Å²) in [5, 5.41) is 19.2. The largest absolute Gasteiger partial charge is 0.387 e. The van der Waals surface area contributed by atoms with Crippen molar-refractivity contribution in [3.8, 4) is 12.3 Å². The lowest BCUT2D eigenvalue weighted by Crippen LogP contribution is -2.40. The fourth-order valence-electron chi connectivity index (χ4n) is 1.87. The van der Waals surface area contributed by atoms with Gasteiger partial charge in [0.2, 0.25) is 0 Å². The zero-order valence-corrected chi connectivity index (χ0v) is 8.58. The van der Waals surface area contributed by atoms with Crippen LogP contribution >= 0.6 is 0 Å². The van der Waals surface area contributed by atoms with E-state index in [1.807, 2.05) is 0 Å². The molecular formula is C10H14O5. The SMILES string of the molecule is C#CC(O)C1OC2OC(C)(C)OC2C1O. The van der Waals surface area contributed by atoms with Crippen LogP contribution in [0.15, 0.2) is 0 Å². The van der Waals surface area contributed by atoms with E-state index in [9.17, 15) is 10.2 Å². The van der Waals surface area contributed by atoms with Crippen LogP contribution in [0.4, 0.5) is 0 Å². The summed E-state index contributed by atoms with van der Waals surface area (Å²) in [6.07, 6.45) is 0.824. The smallest absolute Gasteiger partial charge is 0.190 e. The Morgan fingerprint density at radius 1 is 1.40 bits per heavy atom. The van der Waals surface area contributed by atoms with Crippen LogP contribution in [0.5, 0.6) is 0 Å². The van der Waals surface area contributed by atoms with Gasteiger partial charge >= 0.3 is 0 Å². The molecule has 0 aliphatic carbocycles. The van der Waals surface area contributed by atoms with Gasteiger partial charge in [-0.25, -0.2) is 0 Å². The molecule has 0 amide bonds. The highest BCUT2D eigenvalue weighted by atomic mass is 16.8. The van der Waals surface area contributed by atoms with Crippen LogP contribution in [0.2, 0.25) is 0 Å². The molecule has 84 valence electrons. The van der Waals surface area contributed by atoms with Crippen molar-refractivity contribution in [1.29, 1.82) is 0 Å². The van der Waals surface area contributed by atoms with Gasteiger partial charge in [0, 0.05) is 0 Å². The lowest BCUT2D eigenvalue weighted by molar-refractivity contribution is -0.222. The standard InChI is InChI=1S/C10H14O5/c1-4-5(11)7-6(12)8-9(13-7)15-10(2,3)14-8/h1,5-9,11-12H,2-3H3. The zero-order valence-electron chi connectivity index (χ0n) is 8.58. The number of aliphatic hydroxyl groups excluding tert-OH is 2. The molecule has 2 rings (SSSR count). The zero-order chi connectivity index (χ0) is 11.2. The van der Waals surface area contributed by atoms with Crippen LogP contribution in [-0.4, -0.2) is 46.7 Å². The maximum atomic E-state index is 9.81. The number of hydrogen-bond acceptors (Lipinski definition) is 5. The summed E-state index contributed by atoms with van der Waals surface area (Å²) in [4.78, 5) is 0. The molecule has 5 heteroatoms. The Labute approximate surface area is 87.9 Å². The first kappa shape index (κ1) is 10.9. The van der Waals surface area contributed by atoms with E-state index >= 15 is 0 Å². The average Bonchev–Trinajstić information content (AvgIpc) is 2.60. The molecule has 0 aromatic heterocycles. The van der Waals surface area contributed by atoms with Crippen molar-refractivity contribution in [2.45, 2.75) is 50.3 Å². The van der Waals surface area contributed by atoms with Crippen molar-refractivity contribution >= 4 is 0 Å². The van der Waals surface area contributed by atoms with Gasteiger partial charge in [0.25, 0.3) is 0 Å². The van der Waals surface area contributed by atoms with E-state index < -0.39 is 36.5 Å². The van der Waals surface area contributed by atoms with E-state index in [0.717, 1.165) is 0 Å². The third-order valence-electron chi connectivity index (χ3n) is 2.53. The molecule has 5 nitrogen and oxygen atoms in total. The van der Waals surface area contributed by atoms with Gasteiger partial charge in [-0.15, -0.1) is 6.42 Å².